The van der Waals surface area contributed by atoms with Crippen molar-refractivity contribution in [3.63, 3.8) is 0 Å². The van der Waals surface area contributed by atoms with Crippen molar-refractivity contribution in [3.05, 3.63) is 17.8 Å². The molecule has 5 nitrogen and oxygen atoms in total. The summed E-state index contributed by atoms with van der Waals surface area (Å²) in [6.07, 6.45) is 1.36. The number of rotatable bonds is 4. The van der Waals surface area contributed by atoms with Gasteiger partial charge in [0.25, 0.3) is 0 Å². The highest BCUT2D eigenvalue weighted by Gasteiger charge is 1.99. The number of aromatic nitrogens is 2. The van der Waals surface area contributed by atoms with E-state index in [-0.39, 0.29) is 6.42 Å². The molecule has 0 saturated heterocycles. The highest BCUT2D eigenvalue weighted by molar-refractivity contribution is 5.66. The number of carbonyl (C=O) groups is 1. The first-order chi connectivity index (χ1) is 6.18. The summed E-state index contributed by atoms with van der Waals surface area (Å²) in [6.45, 7) is 0. The van der Waals surface area contributed by atoms with Crippen LogP contribution in [0, 0.1) is 0 Å². The van der Waals surface area contributed by atoms with Crippen LogP contribution in [0.1, 0.15) is 18.5 Å². The van der Waals surface area contributed by atoms with E-state index in [1.807, 2.05) is 0 Å². The highest BCUT2D eigenvalue weighted by Crippen LogP contribution is 2.02. The lowest BCUT2D eigenvalue weighted by molar-refractivity contribution is -0.137. The Morgan fingerprint density at radius 1 is 1.46 bits per heavy atom. The molecule has 0 saturated carbocycles. The molecule has 0 bridgehead atoms. The zero-order chi connectivity index (χ0) is 9.68. The van der Waals surface area contributed by atoms with Crippen molar-refractivity contribution >= 4 is 11.8 Å². The second kappa shape index (κ2) is 4.39. The molecule has 0 aromatic carbocycles. The molecule has 13 heavy (non-hydrogen) atoms. The standard InChI is InChI=1S/C8H11N3O2/c9-7-5-4-6(10-11-7)2-1-3-8(12)13/h4-5H,1-3H2,(H2,9,11)(H,12,13). The topological polar surface area (TPSA) is 89.1 Å². The second-order valence-corrected chi connectivity index (χ2v) is 2.70. The minimum absolute atomic E-state index is 0.159. The molecule has 0 amide bonds. The van der Waals surface area contributed by atoms with Crippen LogP contribution >= 0.6 is 0 Å². The van der Waals surface area contributed by atoms with Crippen molar-refractivity contribution in [3.8, 4) is 0 Å². The number of nitrogen functional groups attached to an aromatic ring is 1. The number of carboxylic acids is 1. The number of aliphatic carboxylic acids is 1. The first-order valence-corrected chi connectivity index (χ1v) is 3.98. The number of aryl methyl sites for hydroxylation is 1. The lowest BCUT2D eigenvalue weighted by Crippen LogP contribution is -1.99. The zero-order valence-corrected chi connectivity index (χ0v) is 7.10. The van der Waals surface area contributed by atoms with E-state index in [0.717, 1.165) is 5.69 Å². The molecule has 5 heteroatoms. The first-order valence-electron chi connectivity index (χ1n) is 3.98. The van der Waals surface area contributed by atoms with Gasteiger partial charge in [0.2, 0.25) is 0 Å². The van der Waals surface area contributed by atoms with Gasteiger partial charge in [-0.15, -0.1) is 5.10 Å². The van der Waals surface area contributed by atoms with Crippen LogP contribution in [0.25, 0.3) is 0 Å². The van der Waals surface area contributed by atoms with E-state index in [4.69, 9.17) is 10.8 Å². The Kier molecular flexibility index (Phi) is 3.19. The van der Waals surface area contributed by atoms with Crippen molar-refractivity contribution in [1.82, 2.24) is 10.2 Å². The first kappa shape index (κ1) is 9.44. The van der Waals surface area contributed by atoms with Crippen LogP contribution in [0.15, 0.2) is 12.1 Å². The Morgan fingerprint density at radius 2 is 2.23 bits per heavy atom. The number of nitrogens with zero attached hydrogens (tertiary/aromatic N) is 2. The van der Waals surface area contributed by atoms with Gasteiger partial charge in [-0.3, -0.25) is 4.79 Å². The highest BCUT2D eigenvalue weighted by atomic mass is 16.4. The van der Waals surface area contributed by atoms with Crippen LogP contribution in [0.3, 0.4) is 0 Å². The van der Waals surface area contributed by atoms with Crippen molar-refractivity contribution < 1.29 is 9.90 Å². The summed E-state index contributed by atoms with van der Waals surface area (Å²) >= 11 is 0. The molecule has 1 heterocycles. The van der Waals surface area contributed by atoms with Crippen LogP contribution < -0.4 is 5.73 Å². The van der Waals surface area contributed by atoms with Crippen molar-refractivity contribution in [2.24, 2.45) is 0 Å². The van der Waals surface area contributed by atoms with Crippen molar-refractivity contribution in [1.29, 1.82) is 0 Å². The number of hydrogen-bond donors (Lipinski definition) is 2. The zero-order valence-electron chi connectivity index (χ0n) is 7.10. The monoisotopic (exact) mass is 181 g/mol. The number of anilines is 1. The Morgan fingerprint density at radius 3 is 2.77 bits per heavy atom. The third-order valence-corrected chi connectivity index (χ3v) is 1.56. The molecule has 0 aliphatic carbocycles. The molecule has 3 N–H and O–H groups in total. The molecule has 0 radical (unpaired) electrons. The van der Waals surface area contributed by atoms with Gasteiger partial charge in [0.05, 0.1) is 5.69 Å². The summed E-state index contributed by atoms with van der Waals surface area (Å²) in [5, 5.41) is 15.8. The fourth-order valence-electron chi connectivity index (χ4n) is 0.924. The maximum absolute atomic E-state index is 10.2. The van der Waals surface area contributed by atoms with Crippen LogP contribution in [-0.4, -0.2) is 21.3 Å². The van der Waals surface area contributed by atoms with E-state index in [1.165, 1.54) is 0 Å². The molecule has 70 valence electrons. The lowest BCUT2D eigenvalue weighted by atomic mass is 10.2. The van der Waals surface area contributed by atoms with E-state index >= 15 is 0 Å². The molecule has 1 aromatic rings. The van der Waals surface area contributed by atoms with Gasteiger partial charge < -0.3 is 10.8 Å². The van der Waals surface area contributed by atoms with Crippen LogP contribution in [0.4, 0.5) is 5.82 Å². The average molecular weight is 181 g/mol. The average Bonchev–Trinajstić information content (AvgIpc) is 2.08. The number of hydrogen-bond acceptors (Lipinski definition) is 4. The smallest absolute Gasteiger partial charge is 0.303 e. The summed E-state index contributed by atoms with van der Waals surface area (Å²) < 4.78 is 0. The summed E-state index contributed by atoms with van der Waals surface area (Å²) in [4.78, 5) is 10.2. The van der Waals surface area contributed by atoms with Gasteiger partial charge in [-0.2, -0.15) is 5.10 Å². The van der Waals surface area contributed by atoms with Gasteiger partial charge in [-0.25, -0.2) is 0 Å². The molecule has 0 fully saturated rings. The molecule has 1 rings (SSSR count). The minimum atomic E-state index is -0.789. The number of nitrogens with two attached hydrogens (primary N) is 1. The second-order valence-electron chi connectivity index (χ2n) is 2.70. The fraction of sp³-hybridized carbons (Fsp3) is 0.375. The van der Waals surface area contributed by atoms with Gasteiger partial charge in [0.1, 0.15) is 5.82 Å². The molecule has 0 aliphatic heterocycles. The van der Waals surface area contributed by atoms with Crippen molar-refractivity contribution in [2.45, 2.75) is 19.3 Å². The summed E-state index contributed by atoms with van der Waals surface area (Å²) in [6, 6.07) is 3.41. The third kappa shape index (κ3) is 3.50. The largest absolute Gasteiger partial charge is 0.481 e. The predicted molar refractivity (Wildman–Crippen MR) is 47.0 cm³/mol. The van der Waals surface area contributed by atoms with Gasteiger partial charge >= 0.3 is 5.97 Å². The molecule has 0 unspecified atom stereocenters. The third-order valence-electron chi connectivity index (χ3n) is 1.56. The van der Waals surface area contributed by atoms with Gasteiger partial charge in [0.15, 0.2) is 0 Å². The maximum atomic E-state index is 10.2. The molecular weight excluding hydrogens is 170 g/mol. The maximum Gasteiger partial charge on any atom is 0.303 e. The lowest BCUT2D eigenvalue weighted by Gasteiger charge is -1.97. The van der Waals surface area contributed by atoms with Crippen LogP contribution in [0.2, 0.25) is 0 Å². The van der Waals surface area contributed by atoms with E-state index in [2.05, 4.69) is 10.2 Å². The molecule has 0 aliphatic rings. The van der Waals surface area contributed by atoms with Crippen LogP contribution in [0.5, 0.6) is 0 Å². The van der Waals surface area contributed by atoms with E-state index in [1.54, 1.807) is 12.1 Å². The Labute approximate surface area is 75.6 Å². The SMILES string of the molecule is Nc1ccc(CCCC(=O)O)nn1. The van der Waals surface area contributed by atoms with E-state index in [0.29, 0.717) is 18.7 Å². The summed E-state index contributed by atoms with van der Waals surface area (Å²) in [5.41, 5.74) is 6.11. The van der Waals surface area contributed by atoms with Crippen LogP contribution in [-0.2, 0) is 11.2 Å². The summed E-state index contributed by atoms with van der Waals surface area (Å²) in [7, 11) is 0. The Hall–Kier alpha value is -1.65. The molecule has 1 aromatic heterocycles. The van der Waals surface area contributed by atoms with Gasteiger partial charge in [-0.1, -0.05) is 0 Å². The van der Waals surface area contributed by atoms with E-state index < -0.39 is 5.97 Å². The van der Waals surface area contributed by atoms with Gasteiger partial charge in [-0.05, 0) is 25.0 Å². The minimum Gasteiger partial charge on any atom is -0.481 e. The summed E-state index contributed by atoms with van der Waals surface area (Å²) in [5.74, 6) is -0.412. The quantitative estimate of drug-likeness (QED) is 0.704. The Balaban J connectivity index is 2.37. The Bertz CT molecular complexity index is 284. The van der Waals surface area contributed by atoms with Gasteiger partial charge in [0, 0.05) is 6.42 Å². The predicted octanol–water partition coefficient (Wildman–Crippen LogP) is 0.466. The fourth-order valence-corrected chi connectivity index (χ4v) is 0.924. The molecular formula is C8H11N3O2. The normalized spacial score (nSPS) is 9.85. The molecule has 0 atom stereocenters. The van der Waals surface area contributed by atoms with Crippen molar-refractivity contribution in [2.75, 3.05) is 5.73 Å². The molecule has 0 spiro atoms. The van der Waals surface area contributed by atoms with E-state index in [9.17, 15) is 4.79 Å². The number of carboxylic acid groups (broad SMARTS) is 1.